The Hall–Kier alpha value is -1.88. The van der Waals surface area contributed by atoms with Crippen LogP contribution >= 0.6 is 0 Å². The van der Waals surface area contributed by atoms with Crippen LogP contribution in [0.3, 0.4) is 0 Å². The van der Waals surface area contributed by atoms with E-state index in [0.717, 1.165) is 9.80 Å². The van der Waals surface area contributed by atoms with E-state index in [4.69, 9.17) is 0 Å². The molecule has 107 valence electrons. The number of Topliss-reactive ketones (excluding diaryl/α,β-unsaturated/α-hetero) is 1. The van der Waals surface area contributed by atoms with Crippen molar-refractivity contribution >= 4 is 11.6 Å². The van der Waals surface area contributed by atoms with Gasteiger partial charge >= 0.3 is 5.84 Å². The van der Waals surface area contributed by atoms with Crippen molar-refractivity contribution in [3.05, 3.63) is 40.6 Å². The molecule has 5 heteroatoms. The summed E-state index contributed by atoms with van der Waals surface area (Å²) in [7, 11) is 0. The first-order chi connectivity index (χ1) is 9.12. The normalized spacial score (nSPS) is 20.4. The van der Waals surface area contributed by atoms with Crippen LogP contribution in [0.4, 0.5) is 0 Å². The number of carbonyl (C=O) groups excluding carboxylic acids is 1. The predicted molar refractivity (Wildman–Crippen MR) is 74.9 cm³/mol. The number of amidine groups is 1. The maximum absolute atomic E-state index is 12.6. The fraction of sp³-hybridized carbons (Fsp3) is 0.467. The van der Waals surface area contributed by atoms with Crippen molar-refractivity contribution in [2.45, 2.75) is 45.7 Å². The average Bonchev–Trinajstić information content (AvgIpc) is 2.49. The monoisotopic (exact) mass is 275 g/mol. The molecule has 0 aromatic heterocycles. The van der Waals surface area contributed by atoms with E-state index >= 15 is 0 Å². The highest BCUT2D eigenvalue weighted by molar-refractivity contribution is 6.07. The molecule has 1 aromatic carbocycles. The van der Waals surface area contributed by atoms with Crippen LogP contribution in [-0.2, 0) is 5.21 Å². The van der Waals surface area contributed by atoms with Gasteiger partial charge in [-0.15, -0.1) is 0 Å². The number of ketones is 1. The number of hydrogen-bond acceptors (Lipinski definition) is 3. The summed E-state index contributed by atoms with van der Waals surface area (Å²) in [5, 5.41) is 25.8. The summed E-state index contributed by atoms with van der Waals surface area (Å²) in [5.74, 6) is -0.164. The van der Waals surface area contributed by atoms with E-state index < -0.39 is 11.1 Å². The molecule has 0 bridgehead atoms. The maximum Gasteiger partial charge on any atom is 0.317 e. The number of benzene rings is 1. The summed E-state index contributed by atoms with van der Waals surface area (Å²) in [6.45, 7) is 8.35. The van der Waals surface area contributed by atoms with E-state index in [-0.39, 0.29) is 11.6 Å². The van der Waals surface area contributed by atoms with Crippen molar-refractivity contribution in [3.8, 4) is 0 Å². The summed E-state index contributed by atoms with van der Waals surface area (Å²) >= 11 is 0. The minimum absolute atomic E-state index is 0.00537. The molecule has 0 N–H and O–H groups in total. The van der Waals surface area contributed by atoms with Gasteiger partial charge in [0.25, 0.3) is 0 Å². The van der Waals surface area contributed by atoms with E-state index in [1.807, 2.05) is 0 Å². The summed E-state index contributed by atoms with van der Waals surface area (Å²) in [4.78, 5) is 11.7. The summed E-state index contributed by atoms with van der Waals surface area (Å²) in [6, 6.07) is 6.70. The van der Waals surface area contributed by atoms with Gasteiger partial charge in [-0.25, -0.2) is 0 Å². The van der Waals surface area contributed by atoms with Crippen molar-refractivity contribution in [2.75, 3.05) is 0 Å². The van der Waals surface area contributed by atoms with Gasteiger partial charge < -0.3 is 5.21 Å². The van der Waals surface area contributed by atoms with Crippen LogP contribution in [0.15, 0.2) is 24.3 Å². The quantitative estimate of drug-likeness (QED) is 0.473. The largest absolute Gasteiger partial charge is 0.714 e. The number of hydrogen-bond donors (Lipinski definition) is 0. The first-order valence-corrected chi connectivity index (χ1v) is 6.54. The highest BCUT2D eigenvalue weighted by Crippen LogP contribution is 2.37. The molecule has 1 radical (unpaired) electrons. The smallest absolute Gasteiger partial charge is 0.317 e. The fourth-order valence-corrected chi connectivity index (χ4v) is 2.31. The SMILES string of the molecule is CC(=O)c1ccccc1C1=[N+]([O-])C(C)(C)C(C)(C)N1[O]. The zero-order valence-electron chi connectivity index (χ0n) is 12.4. The topological polar surface area (TPSA) is 66.3 Å². The number of carbonyl (C=O) groups is 1. The van der Waals surface area contributed by atoms with Gasteiger partial charge in [-0.05, 0) is 40.7 Å². The molecule has 0 fully saturated rings. The van der Waals surface area contributed by atoms with Gasteiger partial charge in [0.15, 0.2) is 11.3 Å². The molecule has 0 saturated carbocycles. The lowest BCUT2D eigenvalue weighted by molar-refractivity contribution is -0.539. The molecule has 0 unspecified atom stereocenters. The van der Waals surface area contributed by atoms with Crippen molar-refractivity contribution in [1.29, 1.82) is 0 Å². The lowest BCUT2D eigenvalue weighted by Gasteiger charge is -2.32. The van der Waals surface area contributed by atoms with Crippen molar-refractivity contribution in [2.24, 2.45) is 0 Å². The Balaban J connectivity index is 2.71. The maximum atomic E-state index is 12.6. The van der Waals surface area contributed by atoms with Gasteiger partial charge in [-0.3, -0.25) is 9.53 Å². The second kappa shape index (κ2) is 4.31. The van der Waals surface area contributed by atoms with Gasteiger partial charge in [0.2, 0.25) is 0 Å². The molecule has 0 aliphatic carbocycles. The van der Waals surface area contributed by atoms with Crippen LogP contribution in [0.2, 0.25) is 0 Å². The van der Waals surface area contributed by atoms with E-state index in [9.17, 15) is 15.2 Å². The Labute approximate surface area is 118 Å². The van der Waals surface area contributed by atoms with E-state index in [1.54, 1.807) is 52.0 Å². The Morgan fingerprint density at radius 1 is 1.20 bits per heavy atom. The molecule has 1 heterocycles. The number of rotatable bonds is 2. The van der Waals surface area contributed by atoms with Crippen LogP contribution in [0.5, 0.6) is 0 Å². The average molecular weight is 275 g/mol. The lowest BCUT2D eigenvalue weighted by atomic mass is 9.84. The minimum Gasteiger partial charge on any atom is -0.714 e. The number of hydroxylamine groups is 3. The van der Waals surface area contributed by atoms with Crippen molar-refractivity contribution < 1.29 is 14.7 Å². The van der Waals surface area contributed by atoms with E-state index in [2.05, 4.69) is 0 Å². The third-order valence-corrected chi connectivity index (χ3v) is 4.44. The van der Waals surface area contributed by atoms with Gasteiger partial charge in [-0.1, -0.05) is 23.3 Å². The molecule has 20 heavy (non-hydrogen) atoms. The lowest BCUT2D eigenvalue weighted by Crippen LogP contribution is -2.53. The second-order valence-electron chi connectivity index (χ2n) is 6.13. The Kier molecular flexibility index (Phi) is 3.13. The molecule has 0 atom stereocenters. The van der Waals surface area contributed by atoms with Gasteiger partial charge in [0.05, 0.1) is 5.56 Å². The van der Waals surface area contributed by atoms with Crippen LogP contribution in [0.25, 0.3) is 0 Å². The Morgan fingerprint density at radius 3 is 2.20 bits per heavy atom. The summed E-state index contributed by atoms with van der Waals surface area (Å²) in [5.41, 5.74) is -0.983. The van der Waals surface area contributed by atoms with Gasteiger partial charge in [0, 0.05) is 10.8 Å². The van der Waals surface area contributed by atoms with E-state index in [1.165, 1.54) is 6.92 Å². The summed E-state index contributed by atoms with van der Waals surface area (Å²) in [6.07, 6.45) is 0. The minimum atomic E-state index is -0.881. The zero-order chi connectivity index (χ0) is 15.3. The fourth-order valence-electron chi connectivity index (χ4n) is 2.31. The first-order valence-electron chi connectivity index (χ1n) is 6.54. The van der Waals surface area contributed by atoms with Gasteiger partial charge in [0.1, 0.15) is 5.54 Å². The highest BCUT2D eigenvalue weighted by Gasteiger charge is 2.60. The zero-order valence-corrected chi connectivity index (χ0v) is 12.4. The molecule has 1 aliphatic rings. The summed E-state index contributed by atoms with van der Waals surface area (Å²) < 4.78 is 0.724. The first kappa shape index (κ1) is 14.5. The van der Waals surface area contributed by atoms with Crippen molar-refractivity contribution in [1.82, 2.24) is 5.06 Å². The molecule has 2 rings (SSSR count). The van der Waals surface area contributed by atoms with Crippen LogP contribution in [0.1, 0.15) is 50.5 Å². The Bertz CT molecular complexity index is 603. The van der Waals surface area contributed by atoms with Crippen LogP contribution in [-0.4, -0.2) is 32.5 Å². The molecule has 0 saturated heterocycles. The van der Waals surface area contributed by atoms with E-state index in [0.29, 0.717) is 11.1 Å². The molecule has 0 spiro atoms. The molecule has 1 aromatic rings. The Morgan fingerprint density at radius 2 is 1.75 bits per heavy atom. The molecule has 0 amide bonds. The predicted octanol–water partition coefficient (Wildman–Crippen LogP) is 2.36. The van der Waals surface area contributed by atoms with Crippen LogP contribution < -0.4 is 0 Å². The third-order valence-electron chi connectivity index (χ3n) is 4.44. The third kappa shape index (κ3) is 1.73. The van der Waals surface area contributed by atoms with Crippen molar-refractivity contribution in [3.63, 3.8) is 0 Å². The highest BCUT2D eigenvalue weighted by atomic mass is 16.5. The molecule has 1 aliphatic heterocycles. The molecule has 5 nitrogen and oxygen atoms in total. The van der Waals surface area contributed by atoms with Gasteiger partial charge in [-0.2, -0.15) is 0 Å². The number of nitrogens with zero attached hydrogens (tertiary/aromatic N) is 2. The molecular formula is C15H19N2O3. The van der Waals surface area contributed by atoms with Crippen LogP contribution in [0, 0.1) is 5.21 Å². The second-order valence-corrected chi connectivity index (χ2v) is 6.13. The molecular weight excluding hydrogens is 256 g/mol. The standard InChI is InChI=1S/C15H19N2O3/c1-10(18)11-8-6-7-9-12(11)13-16(19)14(2,3)15(4,5)17(13)20/h6-9H,1-5H3.